The summed E-state index contributed by atoms with van der Waals surface area (Å²) < 4.78 is 18.6. The van der Waals surface area contributed by atoms with Crippen molar-refractivity contribution in [2.45, 2.75) is 45.1 Å². The fourth-order valence-electron chi connectivity index (χ4n) is 4.87. The Kier molecular flexibility index (Phi) is 5.86. The molecular formula is C24H31FN2O. The normalized spacial score (nSPS) is 18.2. The van der Waals surface area contributed by atoms with Crippen molar-refractivity contribution < 1.29 is 9.13 Å². The van der Waals surface area contributed by atoms with Gasteiger partial charge in [0, 0.05) is 43.5 Å². The lowest BCUT2D eigenvalue weighted by atomic mass is 9.93. The van der Waals surface area contributed by atoms with Gasteiger partial charge in [-0.1, -0.05) is 18.2 Å². The number of aryl methyl sites for hydroxylation is 1. The Balaban J connectivity index is 1.37. The van der Waals surface area contributed by atoms with E-state index in [2.05, 4.69) is 28.9 Å². The predicted octanol–water partition coefficient (Wildman–Crippen LogP) is 4.60. The molecule has 0 saturated carbocycles. The highest BCUT2D eigenvalue weighted by Gasteiger charge is 2.29. The largest absolute Gasteiger partial charge is 0.496 e. The van der Waals surface area contributed by atoms with Crippen molar-refractivity contribution in [2.75, 3.05) is 38.2 Å². The van der Waals surface area contributed by atoms with Gasteiger partial charge in [-0.15, -0.1) is 0 Å². The van der Waals surface area contributed by atoms with Gasteiger partial charge in [0.25, 0.3) is 0 Å². The van der Waals surface area contributed by atoms with Crippen molar-refractivity contribution in [1.29, 1.82) is 0 Å². The molecule has 0 N–H and O–H groups in total. The third-order valence-electron chi connectivity index (χ3n) is 6.44. The first-order chi connectivity index (χ1) is 13.7. The number of nitrogens with zero attached hydrogens (tertiary/aromatic N) is 2. The highest BCUT2D eigenvalue weighted by Crippen LogP contribution is 2.38. The molecular weight excluding hydrogens is 351 g/mol. The number of ether oxygens (including phenoxy) is 1. The first-order valence-corrected chi connectivity index (χ1v) is 10.6. The Morgan fingerprint density at radius 3 is 2.50 bits per heavy atom. The Hall–Kier alpha value is -2.07. The summed E-state index contributed by atoms with van der Waals surface area (Å²) in [6.45, 7) is 6.69. The third-order valence-corrected chi connectivity index (χ3v) is 6.44. The first-order valence-electron chi connectivity index (χ1n) is 10.6. The van der Waals surface area contributed by atoms with Gasteiger partial charge in [0.1, 0.15) is 11.6 Å². The number of fused-ring (bicyclic) bond motifs is 1. The molecule has 150 valence electrons. The quantitative estimate of drug-likeness (QED) is 0.751. The molecule has 0 atom stereocenters. The van der Waals surface area contributed by atoms with Crippen molar-refractivity contribution in [3.8, 4) is 5.75 Å². The molecule has 2 aliphatic rings. The Bertz CT molecular complexity index is 797. The van der Waals surface area contributed by atoms with Gasteiger partial charge < -0.3 is 14.5 Å². The van der Waals surface area contributed by atoms with Crippen LogP contribution in [0, 0.1) is 12.7 Å². The summed E-state index contributed by atoms with van der Waals surface area (Å²) in [6.07, 6.45) is 5.82. The van der Waals surface area contributed by atoms with Crippen molar-refractivity contribution in [1.82, 2.24) is 4.90 Å². The minimum absolute atomic E-state index is 0.154. The summed E-state index contributed by atoms with van der Waals surface area (Å²) in [4.78, 5) is 5.22. The number of benzene rings is 2. The molecule has 28 heavy (non-hydrogen) atoms. The highest BCUT2D eigenvalue weighted by atomic mass is 19.1. The minimum atomic E-state index is -0.154. The van der Waals surface area contributed by atoms with E-state index in [1.165, 1.54) is 48.1 Å². The number of hydrogen-bond acceptors (Lipinski definition) is 3. The summed E-state index contributed by atoms with van der Waals surface area (Å²) in [5.74, 6) is 0.848. The van der Waals surface area contributed by atoms with Crippen LogP contribution in [-0.2, 0) is 12.8 Å². The maximum atomic E-state index is 13.1. The number of methoxy groups -OCH3 is 1. The summed E-state index contributed by atoms with van der Waals surface area (Å²) in [5.41, 5.74) is 5.41. The molecule has 0 amide bonds. The molecule has 1 fully saturated rings. The summed E-state index contributed by atoms with van der Waals surface area (Å²) in [7, 11) is 1.77. The molecule has 0 aliphatic carbocycles. The van der Waals surface area contributed by atoms with Crippen LogP contribution in [0.3, 0.4) is 0 Å². The van der Waals surface area contributed by atoms with Gasteiger partial charge in [0.15, 0.2) is 0 Å². The van der Waals surface area contributed by atoms with Gasteiger partial charge in [-0.25, -0.2) is 4.39 Å². The maximum Gasteiger partial charge on any atom is 0.123 e. The molecule has 0 unspecified atom stereocenters. The van der Waals surface area contributed by atoms with Gasteiger partial charge in [0.2, 0.25) is 0 Å². The number of anilines is 1. The van der Waals surface area contributed by atoms with Crippen LogP contribution < -0.4 is 9.64 Å². The number of rotatable bonds is 5. The molecule has 4 rings (SSSR count). The lowest BCUT2D eigenvalue weighted by Crippen LogP contribution is -2.47. The zero-order valence-electron chi connectivity index (χ0n) is 17.1. The molecule has 0 aromatic heterocycles. The molecule has 0 radical (unpaired) electrons. The standard InChI is InChI=1S/C24H31FN2O/c1-18-23(28-2)10-7-20-4-3-14-27(24(18)20)22-12-16-26(17-13-22)15-11-19-5-8-21(25)9-6-19/h5-10,22H,3-4,11-17H2,1-2H3. The van der Waals surface area contributed by atoms with E-state index in [0.717, 1.165) is 38.3 Å². The van der Waals surface area contributed by atoms with Crippen molar-refractivity contribution in [3.63, 3.8) is 0 Å². The highest BCUT2D eigenvalue weighted by molar-refractivity contribution is 5.65. The second-order valence-electron chi connectivity index (χ2n) is 8.15. The molecule has 3 nitrogen and oxygen atoms in total. The number of likely N-dealkylation sites (tertiary alicyclic amines) is 1. The molecule has 0 spiro atoms. The van der Waals surface area contributed by atoms with Crippen LogP contribution in [-0.4, -0.2) is 44.2 Å². The Morgan fingerprint density at radius 2 is 1.79 bits per heavy atom. The smallest absolute Gasteiger partial charge is 0.123 e. The van der Waals surface area contributed by atoms with Crippen LogP contribution >= 0.6 is 0 Å². The van der Waals surface area contributed by atoms with Gasteiger partial charge in [0.05, 0.1) is 7.11 Å². The van der Waals surface area contributed by atoms with Crippen molar-refractivity contribution in [3.05, 3.63) is 58.9 Å². The van der Waals surface area contributed by atoms with Crippen molar-refractivity contribution in [2.24, 2.45) is 0 Å². The average molecular weight is 383 g/mol. The minimum Gasteiger partial charge on any atom is -0.496 e. The molecule has 0 bridgehead atoms. The van der Waals surface area contributed by atoms with Gasteiger partial charge >= 0.3 is 0 Å². The number of hydrogen-bond donors (Lipinski definition) is 0. The van der Waals surface area contributed by atoms with E-state index in [-0.39, 0.29) is 5.82 Å². The Morgan fingerprint density at radius 1 is 1.04 bits per heavy atom. The van der Waals surface area contributed by atoms with Gasteiger partial charge in [-0.05, 0) is 68.4 Å². The van der Waals surface area contributed by atoms with Crippen LogP contribution in [0.1, 0.15) is 36.0 Å². The molecule has 2 aromatic rings. The fourth-order valence-corrected chi connectivity index (χ4v) is 4.87. The average Bonchev–Trinajstić information content (AvgIpc) is 2.74. The van der Waals surface area contributed by atoms with Gasteiger partial charge in [-0.3, -0.25) is 0 Å². The molecule has 2 aromatic carbocycles. The SMILES string of the molecule is COc1ccc2c(c1C)N(C1CCN(CCc3ccc(F)cc3)CC1)CCC2. The third kappa shape index (κ3) is 4.02. The van der Waals surface area contributed by atoms with Crippen LogP contribution in [0.15, 0.2) is 36.4 Å². The first kappa shape index (κ1) is 19.3. The summed E-state index contributed by atoms with van der Waals surface area (Å²) in [6, 6.07) is 11.9. The van der Waals surface area contributed by atoms with Gasteiger partial charge in [-0.2, -0.15) is 0 Å². The number of halogens is 1. The van der Waals surface area contributed by atoms with E-state index in [1.807, 2.05) is 12.1 Å². The van der Waals surface area contributed by atoms with Crippen LogP contribution in [0.5, 0.6) is 5.75 Å². The van der Waals surface area contributed by atoms with Crippen LogP contribution in [0.2, 0.25) is 0 Å². The Labute approximate surface area is 168 Å². The lowest BCUT2D eigenvalue weighted by Gasteiger charge is -2.43. The molecule has 2 aliphatic heterocycles. The molecule has 1 saturated heterocycles. The van der Waals surface area contributed by atoms with E-state index in [1.54, 1.807) is 19.2 Å². The topological polar surface area (TPSA) is 15.7 Å². The van der Waals surface area contributed by atoms with E-state index >= 15 is 0 Å². The zero-order chi connectivity index (χ0) is 19.5. The lowest BCUT2D eigenvalue weighted by molar-refractivity contribution is 0.210. The van der Waals surface area contributed by atoms with Crippen molar-refractivity contribution >= 4 is 5.69 Å². The fraction of sp³-hybridized carbons (Fsp3) is 0.500. The van der Waals surface area contributed by atoms with E-state index in [0.29, 0.717) is 6.04 Å². The predicted molar refractivity (Wildman–Crippen MR) is 113 cm³/mol. The monoisotopic (exact) mass is 382 g/mol. The molecule has 2 heterocycles. The van der Waals surface area contributed by atoms with E-state index in [9.17, 15) is 4.39 Å². The maximum absolute atomic E-state index is 13.1. The van der Waals surface area contributed by atoms with E-state index in [4.69, 9.17) is 4.74 Å². The zero-order valence-corrected chi connectivity index (χ0v) is 17.1. The summed E-state index contributed by atoms with van der Waals surface area (Å²) >= 11 is 0. The molecule has 4 heteroatoms. The van der Waals surface area contributed by atoms with Crippen LogP contribution in [0.4, 0.5) is 10.1 Å². The van der Waals surface area contributed by atoms with E-state index < -0.39 is 0 Å². The second-order valence-corrected chi connectivity index (χ2v) is 8.15. The number of piperidine rings is 1. The summed E-state index contributed by atoms with van der Waals surface area (Å²) in [5, 5.41) is 0. The van der Waals surface area contributed by atoms with Crippen LogP contribution in [0.25, 0.3) is 0 Å². The second kappa shape index (κ2) is 8.52.